The van der Waals surface area contributed by atoms with E-state index in [9.17, 15) is 0 Å². The smallest absolute Gasteiger partial charge is 0.135 e. The molecule has 0 fully saturated rings. The summed E-state index contributed by atoms with van der Waals surface area (Å²) in [5.41, 5.74) is 21.3. The maximum atomic E-state index is 6.29. The minimum atomic E-state index is -0.559. The average Bonchev–Trinajstić information content (AvgIpc) is 4.07. The van der Waals surface area contributed by atoms with Crippen LogP contribution in [0.4, 0.5) is 17.1 Å². The van der Waals surface area contributed by atoms with E-state index in [1.54, 1.807) is 0 Å². The van der Waals surface area contributed by atoms with Crippen molar-refractivity contribution in [2.75, 3.05) is 4.90 Å². The number of furan rings is 1. The highest BCUT2D eigenvalue weighted by molar-refractivity contribution is 6.06. The molecule has 1 aromatic heterocycles. The van der Waals surface area contributed by atoms with Crippen LogP contribution in [0, 0.1) is 0 Å². The largest absolute Gasteiger partial charge is 0.456 e. The van der Waals surface area contributed by atoms with Crippen molar-refractivity contribution in [1.29, 1.82) is 0 Å². The monoisotopic (exact) mass is 891 g/mol. The van der Waals surface area contributed by atoms with Gasteiger partial charge in [0.05, 0.1) is 10.8 Å². The first kappa shape index (κ1) is 40.1. The molecule has 14 rings (SSSR count). The molecule has 0 N–H and O–H groups in total. The Labute approximate surface area is 408 Å². The zero-order chi connectivity index (χ0) is 46.2. The molecule has 0 saturated heterocycles. The van der Waals surface area contributed by atoms with E-state index in [2.05, 4.69) is 266 Å². The maximum absolute atomic E-state index is 6.29. The topological polar surface area (TPSA) is 16.4 Å². The van der Waals surface area contributed by atoms with Crippen molar-refractivity contribution in [2.45, 2.75) is 10.8 Å². The first-order valence-corrected chi connectivity index (χ1v) is 24.2. The van der Waals surface area contributed by atoms with Crippen LogP contribution < -0.4 is 4.90 Å². The molecule has 11 aromatic carbocycles. The summed E-state index contributed by atoms with van der Waals surface area (Å²) < 4.78 is 6.29. The van der Waals surface area contributed by atoms with Crippen LogP contribution in [-0.4, -0.2) is 0 Å². The van der Waals surface area contributed by atoms with Gasteiger partial charge in [0.15, 0.2) is 0 Å². The van der Waals surface area contributed by atoms with E-state index in [4.69, 9.17) is 4.42 Å². The Morgan fingerprint density at radius 3 is 1.20 bits per heavy atom. The molecular weight excluding hydrogens is 847 g/mol. The summed E-state index contributed by atoms with van der Waals surface area (Å²) in [4.78, 5) is 2.49. The van der Waals surface area contributed by atoms with E-state index in [1.165, 1.54) is 66.8 Å². The second-order valence-corrected chi connectivity index (χ2v) is 18.7. The fourth-order valence-electron chi connectivity index (χ4n) is 12.3. The molecule has 12 aromatic rings. The Morgan fingerprint density at radius 1 is 0.257 bits per heavy atom. The lowest BCUT2D eigenvalue weighted by Gasteiger charge is -2.36. The van der Waals surface area contributed by atoms with Gasteiger partial charge in [-0.2, -0.15) is 0 Å². The molecule has 2 aliphatic rings. The molecule has 0 aliphatic heterocycles. The molecule has 0 atom stereocenters. The summed E-state index contributed by atoms with van der Waals surface area (Å²) in [6.07, 6.45) is 0. The summed E-state index contributed by atoms with van der Waals surface area (Å²) in [6, 6.07) is 101. The van der Waals surface area contributed by atoms with Gasteiger partial charge in [0.2, 0.25) is 0 Å². The van der Waals surface area contributed by atoms with Crippen molar-refractivity contribution in [3.05, 3.63) is 317 Å². The molecule has 1 heterocycles. The Bertz CT molecular complexity index is 3690. The van der Waals surface area contributed by atoms with Gasteiger partial charge in [0, 0.05) is 27.8 Å². The molecule has 2 nitrogen and oxygen atoms in total. The Kier molecular flexibility index (Phi) is 9.06. The van der Waals surface area contributed by atoms with Crippen LogP contribution in [0.2, 0.25) is 0 Å². The number of rotatable bonds is 8. The third-order valence-electron chi connectivity index (χ3n) is 15.2. The molecule has 0 radical (unpaired) electrons. The van der Waals surface area contributed by atoms with Crippen molar-refractivity contribution in [3.63, 3.8) is 0 Å². The van der Waals surface area contributed by atoms with Crippen LogP contribution in [0.3, 0.4) is 0 Å². The molecule has 0 unspecified atom stereocenters. The van der Waals surface area contributed by atoms with Gasteiger partial charge in [-0.1, -0.05) is 218 Å². The number of hydrogen-bond donors (Lipinski definition) is 0. The van der Waals surface area contributed by atoms with Crippen molar-refractivity contribution in [3.8, 4) is 33.4 Å². The van der Waals surface area contributed by atoms with Gasteiger partial charge in [-0.3, -0.25) is 0 Å². The molecule has 2 heteroatoms. The molecule has 328 valence electrons. The van der Waals surface area contributed by atoms with Crippen molar-refractivity contribution in [1.82, 2.24) is 0 Å². The summed E-state index contributed by atoms with van der Waals surface area (Å²) in [6.45, 7) is 0. The van der Waals surface area contributed by atoms with E-state index in [0.29, 0.717) is 0 Å². The summed E-state index contributed by atoms with van der Waals surface area (Å²) in [5.74, 6) is 0. The molecule has 0 bridgehead atoms. The van der Waals surface area contributed by atoms with E-state index in [-0.39, 0.29) is 0 Å². The average molecular weight is 892 g/mol. The third-order valence-corrected chi connectivity index (χ3v) is 15.2. The van der Waals surface area contributed by atoms with Crippen LogP contribution in [0.5, 0.6) is 0 Å². The van der Waals surface area contributed by atoms with E-state index in [0.717, 1.165) is 50.1 Å². The number of anilines is 3. The Balaban J connectivity index is 1.04. The Morgan fingerprint density at radius 2 is 0.671 bits per heavy atom. The SMILES string of the molecule is c1ccc(C2(c3ccccc3)c3ccccc3-c3ccc(N(c4cccc(-c5ccc6oc7ccccc7c6c5)c4)c4ccc5c(c4)C(c4ccccc4)(c4ccccc4)c4ccccc4-5)cc32)cc1. The van der Waals surface area contributed by atoms with Gasteiger partial charge >= 0.3 is 0 Å². The zero-order valence-electron chi connectivity index (χ0n) is 38.3. The molecule has 0 spiro atoms. The van der Waals surface area contributed by atoms with Crippen LogP contribution in [0.1, 0.15) is 44.5 Å². The standard InChI is InChI=1S/C68H45NO/c1-5-21-48(22-6-1)67(49-23-7-2-8-24-49)61-33-16-13-30-55(61)57-39-37-53(44-63(57)67)69(52-29-19-20-46(42-52)47-36-41-66-60(43-47)59-32-15-18-35-65(59)70-66)54-38-40-58-56-31-14-17-34-62(56)68(64(58)45-54,50-25-9-3-10-26-50)51-27-11-4-12-28-51/h1-45H. The predicted molar refractivity (Wildman–Crippen MR) is 288 cm³/mol. The summed E-state index contributed by atoms with van der Waals surface area (Å²) in [5, 5.41) is 2.24. The van der Waals surface area contributed by atoms with Crippen LogP contribution in [0.25, 0.3) is 55.3 Å². The van der Waals surface area contributed by atoms with Gasteiger partial charge in [-0.25, -0.2) is 0 Å². The molecular formula is C68H45NO. The minimum Gasteiger partial charge on any atom is -0.456 e. The van der Waals surface area contributed by atoms with E-state index in [1.807, 2.05) is 12.1 Å². The van der Waals surface area contributed by atoms with Gasteiger partial charge < -0.3 is 9.32 Å². The number of para-hydroxylation sites is 1. The van der Waals surface area contributed by atoms with Crippen LogP contribution in [-0.2, 0) is 10.8 Å². The molecule has 0 amide bonds. The first-order valence-electron chi connectivity index (χ1n) is 24.2. The number of nitrogens with zero attached hydrogens (tertiary/aromatic N) is 1. The minimum absolute atomic E-state index is 0.559. The lowest BCUT2D eigenvalue weighted by Crippen LogP contribution is -2.29. The molecule has 2 aliphatic carbocycles. The first-order chi connectivity index (χ1) is 34.7. The lowest BCUT2D eigenvalue weighted by molar-refractivity contribution is 0.669. The summed E-state index contributed by atoms with van der Waals surface area (Å²) in [7, 11) is 0. The van der Waals surface area contributed by atoms with Crippen molar-refractivity contribution >= 4 is 39.0 Å². The van der Waals surface area contributed by atoms with E-state index < -0.39 is 10.8 Å². The van der Waals surface area contributed by atoms with Crippen molar-refractivity contribution < 1.29 is 4.42 Å². The third kappa shape index (κ3) is 5.80. The second kappa shape index (κ2) is 15.8. The van der Waals surface area contributed by atoms with Gasteiger partial charge in [-0.15, -0.1) is 0 Å². The Hall–Kier alpha value is -8.98. The highest BCUT2D eigenvalue weighted by Crippen LogP contribution is 2.59. The molecule has 0 saturated carbocycles. The van der Waals surface area contributed by atoms with Crippen molar-refractivity contribution in [2.24, 2.45) is 0 Å². The number of benzene rings is 11. The quantitative estimate of drug-likeness (QED) is 0.151. The van der Waals surface area contributed by atoms with Crippen LogP contribution in [0.15, 0.2) is 277 Å². The predicted octanol–water partition coefficient (Wildman–Crippen LogP) is 17.4. The van der Waals surface area contributed by atoms with Gasteiger partial charge in [0.25, 0.3) is 0 Å². The number of hydrogen-bond acceptors (Lipinski definition) is 2. The lowest BCUT2D eigenvalue weighted by atomic mass is 9.67. The van der Waals surface area contributed by atoms with Gasteiger partial charge in [-0.05, 0) is 132 Å². The fourth-order valence-corrected chi connectivity index (χ4v) is 12.3. The number of fused-ring (bicyclic) bond motifs is 9. The normalized spacial score (nSPS) is 13.7. The highest BCUT2D eigenvalue weighted by Gasteiger charge is 2.48. The second-order valence-electron chi connectivity index (χ2n) is 18.7. The summed E-state index contributed by atoms with van der Waals surface area (Å²) >= 11 is 0. The van der Waals surface area contributed by atoms with E-state index >= 15 is 0 Å². The maximum Gasteiger partial charge on any atom is 0.135 e. The van der Waals surface area contributed by atoms with Crippen LogP contribution >= 0.6 is 0 Å². The fraction of sp³-hybridized carbons (Fsp3) is 0.0294. The molecule has 70 heavy (non-hydrogen) atoms. The highest BCUT2D eigenvalue weighted by atomic mass is 16.3. The van der Waals surface area contributed by atoms with Gasteiger partial charge in [0.1, 0.15) is 11.2 Å². The zero-order valence-corrected chi connectivity index (χ0v) is 38.3.